The van der Waals surface area contributed by atoms with Crippen molar-refractivity contribution in [2.24, 2.45) is 5.29 Å². The van der Waals surface area contributed by atoms with E-state index in [1.165, 1.54) is 0 Å². The van der Waals surface area contributed by atoms with Crippen molar-refractivity contribution in [3.63, 3.8) is 0 Å². The summed E-state index contributed by atoms with van der Waals surface area (Å²) < 4.78 is 4.39. The van der Waals surface area contributed by atoms with Crippen molar-refractivity contribution in [3.05, 3.63) is 4.91 Å². The van der Waals surface area contributed by atoms with Gasteiger partial charge in [0.15, 0.2) is 6.73 Å². The molecule has 0 fully saturated rings. The third-order valence-electron chi connectivity index (χ3n) is 0.651. The van der Waals surface area contributed by atoms with Gasteiger partial charge in [0.1, 0.15) is 0 Å². The number of carbonyl (C=O) groups excluding carboxylic acids is 1. The third kappa shape index (κ3) is 4.73. The molecule has 0 aromatic rings. The van der Waals surface area contributed by atoms with Crippen LogP contribution in [-0.4, -0.2) is 12.7 Å². The lowest BCUT2D eigenvalue weighted by Crippen LogP contribution is -2.14. The fourth-order valence-corrected chi connectivity index (χ4v) is 0.241. The molecule has 1 N–H and O–H groups in total. The van der Waals surface area contributed by atoms with Gasteiger partial charge < -0.3 is 4.74 Å². The number of nitrogens with one attached hydrogen (secondary N) is 1. The minimum Gasteiger partial charge on any atom is -0.443 e. The normalized spacial score (nSPS) is 8.11. The van der Waals surface area contributed by atoms with E-state index in [4.69, 9.17) is 0 Å². The second-order valence-corrected chi connectivity index (χ2v) is 1.26. The Labute approximate surface area is 52.3 Å². The van der Waals surface area contributed by atoms with Crippen LogP contribution in [0.5, 0.6) is 0 Å². The largest absolute Gasteiger partial charge is 0.443 e. The van der Waals surface area contributed by atoms with Crippen LogP contribution in [0.2, 0.25) is 0 Å². The lowest BCUT2D eigenvalue weighted by atomic mass is 10.5. The first kappa shape index (κ1) is 7.87. The lowest BCUT2D eigenvalue weighted by molar-refractivity contribution is -0.144. The second-order valence-electron chi connectivity index (χ2n) is 1.26. The van der Waals surface area contributed by atoms with Gasteiger partial charge in [-0.2, -0.15) is 0 Å². The molecule has 5 nitrogen and oxygen atoms in total. The van der Waals surface area contributed by atoms with Crippen LogP contribution >= 0.6 is 0 Å². The monoisotopic (exact) mass is 132 g/mol. The van der Waals surface area contributed by atoms with Crippen molar-refractivity contribution in [2.75, 3.05) is 6.73 Å². The van der Waals surface area contributed by atoms with Crippen LogP contribution < -0.4 is 5.43 Å². The first-order valence-corrected chi connectivity index (χ1v) is 2.52. The molecule has 0 bridgehead atoms. The Balaban J connectivity index is 3.06. The Kier molecular flexibility index (Phi) is 4.39. The average Bonchev–Trinajstić information content (AvgIpc) is 1.89. The smallest absolute Gasteiger partial charge is 0.307 e. The Morgan fingerprint density at radius 2 is 2.44 bits per heavy atom. The lowest BCUT2D eigenvalue weighted by Gasteiger charge is -1.97. The van der Waals surface area contributed by atoms with E-state index in [1.807, 2.05) is 5.43 Å². The predicted molar refractivity (Wildman–Crippen MR) is 30.2 cm³/mol. The van der Waals surface area contributed by atoms with E-state index in [9.17, 15) is 9.70 Å². The summed E-state index contributed by atoms with van der Waals surface area (Å²) in [6, 6.07) is 0. The van der Waals surface area contributed by atoms with E-state index in [-0.39, 0.29) is 12.7 Å². The fraction of sp³-hybridized carbons (Fsp3) is 0.750. The van der Waals surface area contributed by atoms with E-state index in [2.05, 4.69) is 10.0 Å². The molecule has 0 aliphatic heterocycles. The maximum Gasteiger partial charge on any atom is 0.307 e. The Hall–Kier alpha value is -1.13. The fourth-order valence-electron chi connectivity index (χ4n) is 0.241. The molecule has 0 aliphatic rings. The minimum absolute atomic E-state index is 0.143. The number of hydrogen-bond acceptors (Lipinski definition) is 4. The topological polar surface area (TPSA) is 67.8 Å². The highest BCUT2D eigenvalue weighted by atomic mass is 16.5. The highest BCUT2D eigenvalue weighted by molar-refractivity contribution is 5.68. The maximum atomic E-state index is 10.3. The van der Waals surface area contributed by atoms with Gasteiger partial charge in [-0.25, -0.2) is 5.43 Å². The zero-order chi connectivity index (χ0) is 7.11. The SMILES string of the molecule is CCC(=O)OCNN=O. The van der Waals surface area contributed by atoms with Gasteiger partial charge in [-0.15, -0.1) is 4.91 Å². The van der Waals surface area contributed by atoms with Gasteiger partial charge in [0.2, 0.25) is 0 Å². The van der Waals surface area contributed by atoms with Crippen molar-refractivity contribution in [1.82, 2.24) is 5.43 Å². The molecular formula is C4H8N2O3. The van der Waals surface area contributed by atoms with Crippen LogP contribution in [0.3, 0.4) is 0 Å². The number of hydrogen-bond donors (Lipinski definition) is 1. The van der Waals surface area contributed by atoms with Crippen LogP contribution in [0.4, 0.5) is 0 Å². The van der Waals surface area contributed by atoms with Crippen LogP contribution in [0.15, 0.2) is 5.29 Å². The molecule has 0 unspecified atom stereocenters. The summed E-state index contributed by atoms with van der Waals surface area (Å²) in [4.78, 5) is 19.6. The van der Waals surface area contributed by atoms with Crippen LogP contribution in [-0.2, 0) is 9.53 Å². The van der Waals surface area contributed by atoms with Crippen LogP contribution in [0.1, 0.15) is 13.3 Å². The first-order chi connectivity index (χ1) is 4.31. The molecular weight excluding hydrogens is 124 g/mol. The number of nitrogens with zero attached hydrogens (tertiary/aromatic N) is 1. The maximum absolute atomic E-state index is 10.3. The summed E-state index contributed by atoms with van der Waals surface area (Å²) in [7, 11) is 0. The molecule has 0 amide bonds. The standard InChI is InChI=1S/C4H8N2O3/c1-2-4(7)9-3-5-6-8/h2-3H2,1H3,(H,5,8). The summed E-state index contributed by atoms with van der Waals surface area (Å²) in [6.45, 7) is 1.52. The first-order valence-electron chi connectivity index (χ1n) is 2.52. The highest BCUT2D eigenvalue weighted by Crippen LogP contribution is 1.80. The van der Waals surface area contributed by atoms with E-state index in [0.29, 0.717) is 6.42 Å². The van der Waals surface area contributed by atoms with Crippen LogP contribution in [0.25, 0.3) is 0 Å². The van der Waals surface area contributed by atoms with Crippen molar-refractivity contribution in [3.8, 4) is 0 Å². The molecule has 5 heteroatoms. The van der Waals surface area contributed by atoms with E-state index >= 15 is 0 Å². The summed E-state index contributed by atoms with van der Waals surface area (Å²) >= 11 is 0. The minimum atomic E-state index is -0.355. The Morgan fingerprint density at radius 1 is 1.78 bits per heavy atom. The molecule has 0 saturated carbocycles. The van der Waals surface area contributed by atoms with Crippen LogP contribution in [0, 0.1) is 4.91 Å². The van der Waals surface area contributed by atoms with Gasteiger partial charge in [-0.1, -0.05) is 6.92 Å². The highest BCUT2D eigenvalue weighted by Gasteiger charge is 1.94. The van der Waals surface area contributed by atoms with Gasteiger partial charge in [0.25, 0.3) is 0 Å². The molecule has 0 spiro atoms. The van der Waals surface area contributed by atoms with E-state index in [0.717, 1.165) is 0 Å². The summed E-state index contributed by atoms with van der Waals surface area (Å²) in [5, 5.41) is 2.26. The Bertz CT molecular complexity index is 104. The quantitative estimate of drug-likeness (QED) is 0.194. The molecule has 0 radical (unpaired) electrons. The van der Waals surface area contributed by atoms with E-state index in [1.54, 1.807) is 6.92 Å². The van der Waals surface area contributed by atoms with Gasteiger partial charge in [-0.05, 0) is 0 Å². The Morgan fingerprint density at radius 3 is 2.89 bits per heavy atom. The number of esters is 1. The summed E-state index contributed by atoms with van der Waals surface area (Å²) in [5.41, 5.74) is 1.94. The van der Waals surface area contributed by atoms with Crippen molar-refractivity contribution in [1.29, 1.82) is 0 Å². The van der Waals surface area contributed by atoms with Gasteiger partial charge >= 0.3 is 5.97 Å². The summed E-state index contributed by atoms with van der Waals surface area (Å²) in [6.07, 6.45) is 0.306. The molecule has 9 heavy (non-hydrogen) atoms. The molecule has 0 rings (SSSR count). The molecule has 0 saturated heterocycles. The molecule has 0 atom stereocenters. The van der Waals surface area contributed by atoms with Gasteiger partial charge in [0, 0.05) is 6.42 Å². The number of ether oxygens (including phenoxy) is 1. The molecule has 0 aromatic carbocycles. The predicted octanol–water partition coefficient (Wildman–Crippen LogP) is 0.168. The van der Waals surface area contributed by atoms with Crippen molar-refractivity contribution in [2.45, 2.75) is 13.3 Å². The van der Waals surface area contributed by atoms with Gasteiger partial charge in [-0.3, -0.25) is 4.79 Å². The van der Waals surface area contributed by atoms with Crippen molar-refractivity contribution < 1.29 is 9.53 Å². The number of rotatable bonds is 4. The number of nitroso groups, excluding NO2 is 1. The molecule has 0 heterocycles. The number of carbonyl (C=O) groups is 1. The molecule has 0 aliphatic carbocycles. The molecule has 52 valence electrons. The summed E-state index contributed by atoms with van der Waals surface area (Å²) in [5.74, 6) is -0.355. The second kappa shape index (κ2) is 5.02. The average molecular weight is 132 g/mol. The molecule has 0 aromatic heterocycles. The zero-order valence-electron chi connectivity index (χ0n) is 5.09. The third-order valence-corrected chi connectivity index (χ3v) is 0.651. The van der Waals surface area contributed by atoms with E-state index < -0.39 is 0 Å². The van der Waals surface area contributed by atoms with Crippen molar-refractivity contribution >= 4 is 5.97 Å². The zero-order valence-corrected chi connectivity index (χ0v) is 5.09. The van der Waals surface area contributed by atoms with Gasteiger partial charge in [0.05, 0.1) is 5.29 Å².